The van der Waals surface area contributed by atoms with Crippen LogP contribution in [0.1, 0.15) is 35.1 Å². The van der Waals surface area contributed by atoms with Crippen LogP contribution in [0.5, 0.6) is 0 Å². The summed E-state index contributed by atoms with van der Waals surface area (Å²) in [5.74, 6) is 0. The molecule has 0 amide bonds. The summed E-state index contributed by atoms with van der Waals surface area (Å²) in [6, 6.07) is 25.5. The van der Waals surface area contributed by atoms with Crippen LogP contribution >= 0.6 is 0 Å². The van der Waals surface area contributed by atoms with E-state index in [0.29, 0.717) is 26.4 Å². The lowest BCUT2D eigenvalue weighted by Crippen LogP contribution is -2.40. The molecule has 6 nitrogen and oxygen atoms in total. The van der Waals surface area contributed by atoms with E-state index >= 15 is 0 Å². The minimum atomic E-state index is -0.298. The lowest BCUT2D eigenvalue weighted by molar-refractivity contribution is -0.701. The van der Waals surface area contributed by atoms with Crippen LogP contribution in [-0.4, -0.2) is 26.4 Å². The molecule has 4 aromatic rings. The zero-order valence-electron chi connectivity index (χ0n) is 19.0. The minimum absolute atomic E-state index is 0.293. The van der Waals surface area contributed by atoms with Crippen molar-refractivity contribution in [2.24, 2.45) is 0 Å². The molecule has 0 atom stereocenters. The quantitative estimate of drug-likeness (QED) is 0.416. The smallest absolute Gasteiger partial charge is 0.245 e. The zero-order chi connectivity index (χ0) is 22.7. The van der Waals surface area contributed by atoms with Gasteiger partial charge in [0.25, 0.3) is 0 Å². The van der Waals surface area contributed by atoms with Crippen molar-refractivity contribution in [2.45, 2.75) is 25.7 Å². The van der Waals surface area contributed by atoms with Gasteiger partial charge in [0, 0.05) is 35.4 Å². The molecule has 2 aliphatic heterocycles. The number of aromatic nitrogens is 2. The highest BCUT2D eigenvalue weighted by Crippen LogP contribution is 2.24. The van der Waals surface area contributed by atoms with Gasteiger partial charge in [-0.25, -0.2) is 0 Å². The summed E-state index contributed by atoms with van der Waals surface area (Å²) in [6.45, 7) is 4.06. The first-order valence-electron chi connectivity index (χ1n) is 11.8. The Kier molecular flexibility index (Phi) is 6.04. The van der Waals surface area contributed by atoms with Gasteiger partial charge < -0.3 is 18.9 Å². The van der Waals surface area contributed by atoms with E-state index in [2.05, 4.69) is 70.1 Å². The molecule has 0 spiro atoms. The molecule has 4 heterocycles. The van der Waals surface area contributed by atoms with Crippen molar-refractivity contribution in [1.29, 1.82) is 0 Å². The zero-order valence-corrected chi connectivity index (χ0v) is 19.0. The van der Waals surface area contributed by atoms with Gasteiger partial charge in [-0.2, -0.15) is 9.13 Å². The number of nitrogens with zero attached hydrogens (tertiary/aromatic N) is 2. The Hall–Kier alpha value is -3.16. The molecule has 2 aromatic carbocycles. The Balaban J connectivity index is 1.28. The molecule has 2 aromatic heterocycles. The monoisotopic (exact) mass is 456 g/mol. The van der Waals surface area contributed by atoms with E-state index in [1.54, 1.807) is 0 Å². The molecular weight excluding hydrogens is 428 g/mol. The topological polar surface area (TPSA) is 44.7 Å². The van der Waals surface area contributed by atoms with E-state index in [9.17, 15) is 0 Å². The molecule has 2 fully saturated rings. The molecule has 172 valence electrons. The third-order valence-corrected chi connectivity index (χ3v) is 6.41. The number of hydrogen-bond acceptors (Lipinski definition) is 4. The van der Waals surface area contributed by atoms with E-state index in [1.807, 2.05) is 24.3 Å². The van der Waals surface area contributed by atoms with E-state index < -0.39 is 0 Å². The summed E-state index contributed by atoms with van der Waals surface area (Å²) in [5.41, 5.74) is 4.58. The Morgan fingerprint density at radius 2 is 1.24 bits per heavy atom. The molecule has 34 heavy (non-hydrogen) atoms. The van der Waals surface area contributed by atoms with Crippen LogP contribution in [0.2, 0.25) is 0 Å². The fourth-order valence-corrected chi connectivity index (χ4v) is 4.77. The molecular formula is C28H28N2O4+2. The highest BCUT2D eigenvalue weighted by Gasteiger charge is 2.28. The first-order chi connectivity index (χ1) is 16.8. The van der Waals surface area contributed by atoms with Gasteiger partial charge >= 0.3 is 0 Å². The molecule has 0 N–H and O–H groups in total. The number of rotatable bonds is 6. The van der Waals surface area contributed by atoms with Gasteiger partial charge in [-0.1, -0.05) is 30.3 Å². The van der Waals surface area contributed by atoms with Crippen LogP contribution in [0.15, 0.2) is 85.2 Å². The van der Waals surface area contributed by atoms with Crippen molar-refractivity contribution < 1.29 is 28.1 Å². The maximum absolute atomic E-state index is 5.76. The lowest BCUT2D eigenvalue weighted by atomic mass is 10.0. The minimum Gasteiger partial charge on any atom is -0.341 e. The molecule has 6 rings (SSSR count). The average molecular weight is 457 g/mol. The predicted octanol–water partition coefficient (Wildman–Crippen LogP) is 3.60. The van der Waals surface area contributed by atoms with Gasteiger partial charge in [0.15, 0.2) is 25.5 Å². The Morgan fingerprint density at radius 1 is 0.618 bits per heavy atom. The highest BCUT2D eigenvalue weighted by molar-refractivity contribution is 5.86. The standard InChI is InChI=1S/C28H28N2O4/c1-3-12-29(25(8-1)27-31-14-15-32-27)19-21-10-11-24-22(18-21)6-5-7-23(24)20-30-13-4-2-9-26(30)28-33-16-17-34-28/h1-13,18,27-28H,14-17,19-20H2/q+2. The fourth-order valence-electron chi connectivity index (χ4n) is 4.77. The summed E-state index contributed by atoms with van der Waals surface area (Å²) < 4.78 is 27.4. The van der Waals surface area contributed by atoms with Crippen LogP contribution in [0.25, 0.3) is 10.8 Å². The second kappa shape index (κ2) is 9.60. The molecule has 6 heteroatoms. The number of hydrogen-bond donors (Lipinski definition) is 0. The highest BCUT2D eigenvalue weighted by atomic mass is 16.7. The van der Waals surface area contributed by atoms with Gasteiger partial charge in [0.2, 0.25) is 24.0 Å². The van der Waals surface area contributed by atoms with E-state index in [-0.39, 0.29) is 12.6 Å². The van der Waals surface area contributed by atoms with Gasteiger partial charge in [0.1, 0.15) is 0 Å². The molecule has 0 aliphatic carbocycles. The van der Waals surface area contributed by atoms with Gasteiger partial charge in [-0.15, -0.1) is 0 Å². The number of benzene rings is 2. The summed E-state index contributed by atoms with van der Waals surface area (Å²) in [6.07, 6.45) is 3.58. The van der Waals surface area contributed by atoms with Gasteiger partial charge in [-0.3, -0.25) is 0 Å². The van der Waals surface area contributed by atoms with E-state index in [0.717, 1.165) is 24.5 Å². The Bertz CT molecular complexity index is 1300. The summed E-state index contributed by atoms with van der Waals surface area (Å²) in [4.78, 5) is 0. The SMILES string of the molecule is c1cc[n+](Cc2ccc3c(C[n+]4ccccc4C4OCCO4)cccc3c2)c(C2OCCO2)c1. The maximum atomic E-state index is 5.76. The normalized spacial score (nSPS) is 17.1. The van der Waals surface area contributed by atoms with E-state index in [4.69, 9.17) is 18.9 Å². The average Bonchev–Trinajstić information content (AvgIpc) is 3.60. The third-order valence-electron chi connectivity index (χ3n) is 6.41. The molecule has 0 saturated carbocycles. The number of pyridine rings is 2. The fraction of sp³-hybridized carbons (Fsp3) is 0.286. The first kappa shape index (κ1) is 21.4. The molecule has 2 saturated heterocycles. The van der Waals surface area contributed by atoms with Crippen molar-refractivity contribution in [3.63, 3.8) is 0 Å². The van der Waals surface area contributed by atoms with Crippen LogP contribution in [0.4, 0.5) is 0 Å². The Labute approximate surface area is 198 Å². The van der Waals surface area contributed by atoms with Gasteiger partial charge in [0.05, 0.1) is 26.4 Å². The lowest BCUT2D eigenvalue weighted by Gasteiger charge is -2.11. The van der Waals surface area contributed by atoms with Crippen molar-refractivity contribution >= 4 is 10.8 Å². The second-order valence-corrected chi connectivity index (χ2v) is 8.63. The van der Waals surface area contributed by atoms with Crippen LogP contribution in [0.3, 0.4) is 0 Å². The first-order valence-corrected chi connectivity index (χ1v) is 11.8. The number of ether oxygens (including phenoxy) is 4. The van der Waals surface area contributed by atoms with Crippen molar-refractivity contribution in [3.8, 4) is 0 Å². The molecule has 0 bridgehead atoms. The van der Waals surface area contributed by atoms with Crippen LogP contribution < -0.4 is 9.13 Å². The summed E-state index contributed by atoms with van der Waals surface area (Å²) >= 11 is 0. The Morgan fingerprint density at radius 3 is 1.88 bits per heavy atom. The second-order valence-electron chi connectivity index (χ2n) is 8.63. The maximum Gasteiger partial charge on any atom is 0.245 e. The molecule has 0 unspecified atom stereocenters. The predicted molar refractivity (Wildman–Crippen MR) is 125 cm³/mol. The van der Waals surface area contributed by atoms with Crippen LogP contribution in [0, 0.1) is 0 Å². The number of fused-ring (bicyclic) bond motifs is 1. The largest absolute Gasteiger partial charge is 0.341 e. The summed E-state index contributed by atoms with van der Waals surface area (Å²) in [7, 11) is 0. The van der Waals surface area contributed by atoms with Crippen molar-refractivity contribution in [2.75, 3.05) is 26.4 Å². The van der Waals surface area contributed by atoms with Crippen LogP contribution in [-0.2, 0) is 32.0 Å². The van der Waals surface area contributed by atoms with Gasteiger partial charge in [-0.05, 0) is 29.0 Å². The molecule has 2 aliphatic rings. The third kappa shape index (κ3) is 4.33. The van der Waals surface area contributed by atoms with Crippen molar-refractivity contribution in [1.82, 2.24) is 0 Å². The molecule has 0 radical (unpaired) electrons. The van der Waals surface area contributed by atoms with Crippen molar-refractivity contribution in [3.05, 3.63) is 108 Å². The summed E-state index contributed by atoms with van der Waals surface area (Å²) in [5, 5.41) is 2.48. The van der Waals surface area contributed by atoms with E-state index in [1.165, 1.54) is 21.9 Å².